The fraction of sp³-hybridized carbons (Fsp3) is 0.462. The maximum absolute atomic E-state index is 11.7. The van der Waals surface area contributed by atoms with Gasteiger partial charge in [-0.05, 0) is 44.5 Å². The molecule has 0 saturated heterocycles. The molecule has 1 rings (SSSR count). The first-order valence-corrected chi connectivity index (χ1v) is 6.33. The standard InChI is InChI=1S/C13H19ClN2O2/c1-9-4-5-11(14)12(8-9)18-10(2)13(17)16-7-3-6-15/h4-5,8,10H,3,6-7,15H2,1-2H3,(H,16,17). The molecule has 0 aliphatic carbocycles. The van der Waals surface area contributed by atoms with Gasteiger partial charge in [0.05, 0.1) is 5.02 Å². The number of rotatable bonds is 6. The molecule has 0 spiro atoms. The SMILES string of the molecule is Cc1ccc(Cl)c(OC(C)C(=O)NCCCN)c1. The summed E-state index contributed by atoms with van der Waals surface area (Å²) in [4.78, 5) is 11.7. The molecule has 0 aliphatic heterocycles. The lowest BCUT2D eigenvalue weighted by Crippen LogP contribution is -2.37. The van der Waals surface area contributed by atoms with Crippen LogP contribution in [0.25, 0.3) is 0 Å². The van der Waals surface area contributed by atoms with E-state index in [4.69, 9.17) is 22.1 Å². The maximum atomic E-state index is 11.7. The number of nitrogens with two attached hydrogens (primary N) is 1. The summed E-state index contributed by atoms with van der Waals surface area (Å²) in [6.07, 6.45) is 0.172. The largest absolute Gasteiger partial charge is 0.479 e. The molecule has 18 heavy (non-hydrogen) atoms. The number of aryl methyl sites for hydroxylation is 1. The number of carbonyl (C=O) groups is 1. The minimum absolute atomic E-state index is 0.166. The predicted octanol–water partition coefficient (Wildman–Crippen LogP) is 1.88. The van der Waals surface area contributed by atoms with Crippen molar-refractivity contribution < 1.29 is 9.53 Å². The van der Waals surface area contributed by atoms with E-state index in [1.807, 2.05) is 19.1 Å². The summed E-state index contributed by atoms with van der Waals surface area (Å²) in [6.45, 7) is 4.75. The Morgan fingerprint density at radius 3 is 2.94 bits per heavy atom. The lowest BCUT2D eigenvalue weighted by molar-refractivity contribution is -0.127. The van der Waals surface area contributed by atoms with E-state index in [0.717, 1.165) is 12.0 Å². The Morgan fingerprint density at radius 1 is 1.56 bits per heavy atom. The Labute approximate surface area is 112 Å². The van der Waals surface area contributed by atoms with E-state index in [2.05, 4.69) is 5.32 Å². The number of nitrogens with one attached hydrogen (secondary N) is 1. The van der Waals surface area contributed by atoms with Gasteiger partial charge in [0, 0.05) is 6.54 Å². The minimum Gasteiger partial charge on any atom is -0.479 e. The molecule has 3 N–H and O–H groups in total. The molecule has 1 unspecified atom stereocenters. The zero-order chi connectivity index (χ0) is 13.5. The van der Waals surface area contributed by atoms with Crippen LogP contribution in [0.15, 0.2) is 18.2 Å². The van der Waals surface area contributed by atoms with Crippen LogP contribution in [-0.2, 0) is 4.79 Å². The monoisotopic (exact) mass is 270 g/mol. The van der Waals surface area contributed by atoms with E-state index in [1.165, 1.54) is 0 Å². The van der Waals surface area contributed by atoms with E-state index in [1.54, 1.807) is 13.0 Å². The molecule has 0 aromatic heterocycles. The highest BCUT2D eigenvalue weighted by Crippen LogP contribution is 2.26. The normalized spacial score (nSPS) is 12.0. The van der Waals surface area contributed by atoms with Gasteiger partial charge in [-0.3, -0.25) is 4.79 Å². The van der Waals surface area contributed by atoms with E-state index in [0.29, 0.717) is 23.9 Å². The molecule has 1 atom stereocenters. The number of amides is 1. The molecule has 0 radical (unpaired) electrons. The minimum atomic E-state index is -0.581. The number of hydrogen-bond acceptors (Lipinski definition) is 3. The van der Waals surface area contributed by atoms with Crippen LogP contribution in [0.5, 0.6) is 5.75 Å². The van der Waals surface area contributed by atoms with Crippen molar-refractivity contribution in [2.24, 2.45) is 5.73 Å². The Bertz CT molecular complexity index is 410. The summed E-state index contributed by atoms with van der Waals surface area (Å²) in [5.41, 5.74) is 6.38. The number of ether oxygens (including phenoxy) is 1. The van der Waals surface area contributed by atoms with Gasteiger partial charge in [-0.2, -0.15) is 0 Å². The number of hydrogen-bond donors (Lipinski definition) is 2. The van der Waals surface area contributed by atoms with Gasteiger partial charge in [-0.25, -0.2) is 0 Å². The molecule has 0 heterocycles. The van der Waals surface area contributed by atoms with Gasteiger partial charge in [0.1, 0.15) is 5.75 Å². The topological polar surface area (TPSA) is 64.3 Å². The van der Waals surface area contributed by atoms with Crippen molar-refractivity contribution >= 4 is 17.5 Å². The summed E-state index contributed by atoms with van der Waals surface area (Å²) >= 11 is 6.00. The summed E-state index contributed by atoms with van der Waals surface area (Å²) < 4.78 is 5.54. The average Bonchev–Trinajstić information content (AvgIpc) is 2.34. The zero-order valence-corrected chi connectivity index (χ0v) is 11.5. The van der Waals surface area contributed by atoms with Crippen molar-refractivity contribution in [3.63, 3.8) is 0 Å². The fourth-order valence-corrected chi connectivity index (χ4v) is 1.56. The van der Waals surface area contributed by atoms with Crippen molar-refractivity contribution in [3.8, 4) is 5.75 Å². The van der Waals surface area contributed by atoms with Crippen molar-refractivity contribution in [3.05, 3.63) is 28.8 Å². The van der Waals surface area contributed by atoms with Gasteiger partial charge in [0.25, 0.3) is 5.91 Å². The molecular weight excluding hydrogens is 252 g/mol. The maximum Gasteiger partial charge on any atom is 0.260 e. The molecular formula is C13H19ClN2O2. The van der Waals surface area contributed by atoms with Crippen molar-refractivity contribution in [2.75, 3.05) is 13.1 Å². The lowest BCUT2D eigenvalue weighted by atomic mass is 10.2. The van der Waals surface area contributed by atoms with Crippen LogP contribution in [-0.4, -0.2) is 25.1 Å². The summed E-state index contributed by atoms with van der Waals surface area (Å²) in [5, 5.41) is 3.25. The van der Waals surface area contributed by atoms with Crippen LogP contribution in [0, 0.1) is 6.92 Å². The van der Waals surface area contributed by atoms with E-state index >= 15 is 0 Å². The molecule has 0 bridgehead atoms. The molecule has 4 nitrogen and oxygen atoms in total. The number of benzene rings is 1. The van der Waals surface area contributed by atoms with Crippen molar-refractivity contribution in [2.45, 2.75) is 26.4 Å². The van der Waals surface area contributed by atoms with Gasteiger partial charge in [0.15, 0.2) is 6.10 Å². The third kappa shape index (κ3) is 4.55. The molecule has 0 saturated carbocycles. The third-order valence-electron chi connectivity index (χ3n) is 2.44. The molecule has 0 fully saturated rings. The Hall–Kier alpha value is -1.26. The highest BCUT2D eigenvalue weighted by molar-refractivity contribution is 6.32. The third-order valence-corrected chi connectivity index (χ3v) is 2.75. The summed E-state index contributed by atoms with van der Waals surface area (Å²) in [6, 6.07) is 5.46. The number of carbonyl (C=O) groups excluding carboxylic acids is 1. The van der Waals surface area contributed by atoms with Gasteiger partial charge in [-0.1, -0.05) is 17.7 Å². The first kappa shape index (κ1) is 14.8. The molecule has 1 amide bonds. The van der Waals surface area contributed by atoms with Gasteiger partial charge in [0.2, 0.25) is 0 Å². The van der Waals surface area contributed by atoms with E-state index in [-0.39, 0.29) is 5.91 Å². The molecule has 1 aromatic rings. The average molecular weight is 271 g/mol. The molecule has 1 aromatic carbocycles. The van der Waals surface area contributed by atoms with Crippen molar-refractivity contribution in [1.82, 2.24) is 5.32 Å². The predicted molar refractivity (Wildman–Crippen MR) is 73.0 cm³/mol. The van der Waals surface area contributed by atoms with E-state index < -0.39 is 6.10 Å². The first-order chi connectivity index (χ1) is 8.54. The smallest absolute Gasteiger partial charge is 0.260 e. The van der Waals surface area contributed by atoms with E-state index in [9.17, 15) is 4.79 Å². The second-order valence-electron chi connectivity index (χ2n) is 4.13. The van der Waals surface area contributed by atoms with Gasteiger partial charge < -0.3 is 15.8 Å². The van der Waals surface area contributed by atoms with Crippen LogP contribution in [0.1, 0.15) is 18.9 Å². The fourth-order valence-electron chi connectivity index (χ4n) is 1.40. The molecule has 5 heteroatoms. The van der Waals surface area contributed by atoms with Gasteiger partial charge >= 0.3 is 0 Å². The van der Waals surface area contributed by atoms with Crippen LogP contribution in [0.3, 0.4) is 0 Å². The zero-order valence-electron chi connectivity index (χ0n) is 10.7. The van der Waals surface area contributed by atoms with Crippen LogP contribution in [0.2, 0.25) is 5.02 Å². The number of halogens is 1. The second-order valence-corrected chi connectivity index (χ2v) is 4.53. The van der Waals surface area contributed by atoms with Crippen LogP contribution in [0.4, 0.5) is 0 Å². The lowest BCUT2D eigenvalue weighted by Gasteiger charge is -2.15. The Balaban J connectivity index is 2.55. The second kappa shape index (κ2) is 7.24. The van der Waals surface area contributed by atoms with Crippen molar-refractivity contribution in [1.29, 1.82) is 0 Å². The Kier molecular flexibility index (Phi) is 5.95. The first-order valence-electron chi connectivity index (χ1n) is 5.95. The molecule has 0 aliphatic rings. The van der Waals surface area contributed by atoms with Crippen LogP contribution < -0.4 is 15.8 Å². The summed E-state index contributed by atoms with van der Waals surface area (Å²) in [7, 11) is 0. The quantitative estimate of drug-likeness (QED) is 0.776. The highest BCUT2D eigenvalue weighted by atomic mass is 35.5. The van der Waals surface area contributed by atoms with Crippen LogP contribution >= 0.6 is 11.6 Å². The molecule has 100 valence electrons. The summed E-state index contributed by atoms with van der Waals surface area (Å²) in [5.74, 6) is 0.360. The Morgan fingerprint density at radius 2 is 2.28 bits per heavy atom. The van der Waals surface area contributed by atoms with Gasteiger partial charge in [-0.15, -0.1) is 0 Å². The highest BCUT2D eigenvalue weighted by Gasteiger charge is 2.15.